The second-order valence-corrected chi connectivity index (χ2v) is 8.04. The zero-order chi connectivity index (χ0) is 17.4. The lowest BCUT2D eigenvalue weighted by Gasteiger charge is -2.10. The number of nitrogens with one attached hydrogen (secondary N) is 1. The van der Waals surface area contributed by atoms with Crippen LogP contribution in [0.1, 0.15) is 26.6 Å². The van der Waals surface area contributed by atoms with Gasteiger partial charge in [-0.05, 0) is 36.9 Å². The third-order valence-corrected chi connectivity index (χ3v) is 6.03. The SMILES string of the molecule is Cc1nc(NC(=O)c2cc3sccc3n2Cc2ccccc2)sc1C. The first kappa shape index (κ1) is 16.1. The van der Waals surface area contributed by atoms with Crippen molar-refractivity contribution in [2.45, 2.75) is 20.4 Å². The van der Waals surface area contributed by atoms with Crippen molar-refractivity contribution < 1.29 is 4.79 Å². The predicted octanol–water partition coefficient (Wildman–Crippen LogP) is 5.08. The molecule has 0 aliphatic heterocycles. The molecule has 0 aliphatic carbocycles. The molecule has 25 heavy (non-hydrogen) atoms. The molecule has 3 aromatic heterocycles. The number of thiophene rings is 1. The van der Waals surface area contributed by atoms with Crippen LogP contribution in [0.2, 0.25) is 0 Å². The average Bonchev–Trinajstić information content (AvgIpc) is 3.26. The Labute approximate surface area is 153 Å². The molecule has 0 atom stereocenters. The van der Waals surface area contributed by atoms with Crippen molar-refractivity contribution in [3.8, 4) is 0 Å². The van der Waals surface area contributed by atoms with E-state index in [4.69, 9.17) is 0 Å². The number of anilines is 1. The topological polar surface area (TPSA) is 46.9 Å². The molecule has 0 fully saturated rings. The van der Waals surface area contributed by atoms with Gasteiger partial charge in [-0.2, -0.15) is 0 Å². The summed E-state index contributed by atoms with van der Waals surface area (Å²) in [4.78, 5) is 18.4. The first-order valence-electron chi connectivity index (χ1n) is 7.98. The van der Waals surface area contributed by atoms with Crippen LogP contribution < -0.4 is 5.32 Å². The third kappa shape index (κ3) is 3.10. The summed E-state index contributed by atoms with van der Waals surface area (Å²) in [7, 11) is 0. The molecule has 4 aromatic rings. The minimum Gasteiger partial charge on any atom is -0.331 e. The van der Waals surface area contributed by atoms with Crippen LogP contribution in [0.5, 0.6) is 0 Å². The number of aryl methyl sites for hydroxylation is 2. The molecular formula is C19H17N3OS2. The number of amides is 1. The summed E-state index contributed by atoms with van der Waals surface area (Å²) >= 11 is 3.16. The summed E-state index contributed by atoms with van der Waals surface area (Å²) in [5, 5.41) is 5.65. The number of hydrogen-bond donors (Lipinski definition) is 1. The van der Waals surface area contributed by atoms with Crippen LogP contribution in [0.15, 0.2) is 47.8 Å². The van der Waals surface area contributed by atoms with Crippen molar-refractivity contribution in [1.29, 1.82) is 0 Å². The largest absolute Gasteiger partial charge is 0.331 e. The Morgan fingerprint density at radius 1 is 1.20 bits per heavy atom. The Morgan fingerprint density at radius 2 is 2.00 bits per heavy atom. The number of benzene rings is 1. The molecule has 126 valence electrons. The van der Waals surface area contributed by atoms with E-state index in [1.165, 1.54) is 16.9 Å². The van der Waals surface area contributed by atoms with Crippen LogP contribution in [-0.2, 0) is 6.54 Å². The lowest BCUT2D eigenvalue weighted by atomic mass is 10.2. The fraction of sp³-hybridized carbons (Fsp3) is 0.158. The van der Waals surface area contributed by atoms with E-state index in [1.807, 2.05) is 38.1 Å². The van der Waals surface area contributed by atoms with E-state index < -0.39 is 0 Å². The molecule has 0 radical (unpaired) electrons. The van der Waals surface area contributed by atoms with Gasteiger partial charge in [-0.1, -0.05) is 30.3 Å². The number of nitrogens with zero attached hydrogens (tertiary/aromatic N) is 2. The molecule has 6 heteroatoms. The first-order chi connectivity index (χ1) is 12.1. The second kappa shape index (κ2) is 6.46. The summed E-state index contributed by atoms with van der Waals surface area (Å²) in [5.41, 5.74) is 3.88. The second-order valence-electron chi connectivity index (χ2n) is 5.89. The summed E-state index contributed by atoms with van der Waals surface area (Å²) in [6, 6.07) is 14.2. The standard InChI is InChI=1S/C19H17N3OS2/c1-12-13(2)25-19(20-12)21-18(23)16-10-17-15(8-9-24-17)22(16)11-14-6-4-3-5-7-14/h3-10H,11H2,1-2H3,(H,20,21,23). The Bertz CT molecular complexity index is 1020. The lowest BCUT2D eigenvalue weighted by molar-refractivity contribution is 0.101. The number of carbonyl (C=O) groups excluding carboxylic acids is 1. The van der Waals surface area contributed by atoms with E-state index in [2.05, 4.69) is 38.4 Å². The summed E-state index contributed by atoms with van der Waals surface area (Å²) in [5.74, 6) is -0.118. The number of thiazole rings is 1. The van der Waals surface area contributed by atoms with Gasteiger partial charge in [-0.15, -0.1) is 22.7 Å². The average molecular weight is 367 g/mol. The van der Waals surface area contributed by atoms with Gasteiger partial charge in [0.25, 0.3) is 5.91 Å². The molecule has 0 saturated carbocycles. The van der Waals surface area contributed by atoms with Gasteiger partial charge in [0.15, 0.2) is 5.13 Å². The third-order valence-electron chi connectivity index (χ3n) is 4.19. The maximum atomic E-state index is 12.9. The van der Waals surface area contributed by atoms with Gasteiger partial charge in [0, 0.05) is 11.4 Å². The molecule has 4 rings (SSSR count). The summed E-state index contributed by atoms with van der Waals surface area (Å²) in [6.45, 7) is 4.63. The van der Waals surface area contributed by atoms with Crippen molar-refractivity contribution >= 4 is 43.9 Å². The molecular weight excluding hydrogens is 350 g/mol. The van der Waals surface area contributed by atoms with E-state index in [1.54, 1.807) is 11.3 Å². The van der Waals surface area contributed by atoms with Crippen molar-refractivity contribution in [1.82, 2.24) is 9.55 Å². The highest BCUT2D eigenvalue weighted by Gasteiger charge is 2.18. The molecule has 1 amide bonds. The van der Waals surface area contributed by atoms with Gasteiger partial charge in [-0.3, -0.25) is 10.1 Å². The smallest absolute Gasteiger partial charge is 0.274 e. The molecule has 1 N–H and O–H groups in total. The van der Waals surface area contributed by atoms with Crippen molar-refractivity contribution in [2.24, 2.45) is 0 Å². The molecule has 0 unspecified atom stereocenters. The number of aromatic nitrogens is 2. The van der Waals surface area contributed by atoms with Gasteiger partial charge >= 0.3 is 0 Å². The first-order valence-corrected chi connectivity index (χ1v) is 9.67. The Balaban J connectivity index is 1.69. The highest BCUT2D eigenvalue weighted by molar-refractivity contribution is 7.17. The molecule has 1 aromatic carbocycles. The van der Waals surface area contributed by atoms with Crippen LogP contribution in [-0.4, -0.2) is 15.5 Å². The molecule has 3 heterocycles. The minimum absolute atomic E-state index is 0.118. The lowest BCUT2D eigenvalue weighted by Crippen LogP contribution is -2.17. The monoisotopic (exact) mass is 367 g/mol. The fourth-order valence-electron chi connectivity index (χ4n) is 2.79. The highest BCUT2D eigenvalue weighted by Crippen LogP contribution is 2.28. The zero-order valence-electron chi connectivity index (χ0n) is 13.9. The van der Waals surface area contributed by atoms with Crippen LogP contribution >= 0.6 is 22.7 Å². The van der Waals surface area contributed by atoms with Crippen molar-refractivity contribution in [3.05, 3.63) is 69.7 Å². The van der Waals surface area contributed by atoms with E-state index in [9.17, 15) is 4.79 Å². The number of carbonyl (C=O) groups is 1. The summed E-state index contributed by atoms with van der Waals surface area (Å²) < 4.78 is 3.19. The van der Waals surface area contributed by atoms with E-state index in [0.29, 0.717) is 17.4 Å². The van der Waals surface area contributed by atoms with Gasteiger partial charge in [0.2, 0.25) is 0 Å². The molecule has 0 bridgehead atoms. The highest BCUT2D eigenvalue weighted by atomic mass is 32.1. The van der Waals surface area contributed by atoms with E-state index in [0.717, 1.165) is 20.8 Å². The van der Waals surface area contributed by atoms with Gasteiger partial charge < -0.3 is 4.57 Å². The molecule has 4 nitrogen and oxygen atoms in total. The van der Waals surface area contributed by atoms with E-state index in [-0.39, 0.29) is 5.91 Å². The van der Waals surface area contributed by atoms with Gasteiger partial charge in [0.05, 0.1) is 15.9 Å². The molecule has 0 saturated heterocycles. The normalized spacial score (nSPS) is 11.1. The van der Waals surface area contributed by atoms with Gasteiger partial charge in [-0.25, -0.2) is 4.98 Å². The number of hydrogen-bond acceptors (Lipinski definition) is 4. The quantitative estimate of drug-likeness (QED) is 0.547. The predicted molar refractivity (Wildman–Crippen MR) is 105 cm³/mol. The maximum absolute atomic E-state index is 12.9. The van der Waals surface area contributed by atoms with Crippen LogP contribution in [0.3, 0.4) is 0 Å². The van der Waals surface area contributed by atoms with Crippen molar-refractivity contribution in [3.63, 3.8) is 0 Å². The van der Waals surface area contributed by atoms with E-state index >= 15 is 0 Å². The zero-order valence-corrected chi connectivity index (χ0v) is 15.6. The van der Waals surface area contributed by atoms with Crippen LogP contribution in [0.4, 0.5) is 5.13 Å². The van der Waals surface area contributed by atoms with Crippen molar-refractivity contribution in [2.75, 3.05) is 5.32 Å². The summed E-state index contributed by atoms with van der Waals surface area (Å²) in [6.07, 6.45) is 0. The number of fused-ring (bicyclic) bond motifs is 1. The van der Waals surface area contributed by atoms with Gasteiger partial charge in [0.1, 0.15) is 5.69 Å². The van der Waals surface area contributed by atoms with Crippen LogP contribution in [0.25, 0.3) is 10.2 Å². The minimum atomic E-state index is -0.118. The Kier molecular flexibility index (Phi) is 4.15. The van der Waals surface area contributed by atoms with Crippen LogP contribution in [0, 0.1) is 13.8 Å². The molecule has 0 aliphatic rings. The number of rotatable bonds is 4. The Morgan fingerprint density at radius 3 is 2.72 bits per heavy atom. The maximum Gasteiger partial charge on any atom is 0.274 e. The molecule has 0 spiro atoms. The fourth-order valence-corrected chi connectivity index (χ4v) is 4.42. The Hall–Kier alpha value is -2.44.